The van der Waals surface area contributed by atoms with Crippen LogP contribution in [0.4, 0.5) is 34.1 Å². The Balaban J connectivity index is 0.974. The molecule has 0 N–H and O–H groups in total. The van der Waals surface area contributed by atoms with E-state index in [0.29, 0.717) is 5.82 Å². The van der Waals surface area contributed by atoms with E-state index in [1.165, 1.54) is 70.6 Å². The number of rotatable bonds is 9. The highest BCUT2D eigenvalue weighted by molar-refractivity contribution is 7.00. The molecule has 0 bridgehead atoms. The number of anilines is 6. The summed E-state index contributed by atoms with van der Waals surface area (Å²) in [6.45, 7) is 13.6. The van der Waals surface area contributed by atoms with Crippen LogP contribution in [0.1, 0.15) is 52.7 Å². The molecule has 0 fully saturated rings. The van der Waals surface area contributed by atoms with Gasteiger partial charge in [0.15, 0.2) is 5.82 Å². The van der Waals surface area contributed by atoms with Gasteiger partial charge in [-0.3, -0.25) is 0 Å². The van der Waals surface area contributed by atoms with Crippen molar-refractivity contribution in [2.45, 2.75) is 52.4 Å². The summed E-state index contributed by atoms with van der Waals surface area (Å²) < 4.78 is 0. The van der Waals surface area contributed by atoms with Crippen LogP contribution >= 0.6 is 0 Å². The summed E-state index contributed by atoms with van der Waals surface area (Å²) in [6, 6.07) is 120. The summed E-state index contributed by atoms with van der Waals surface area (Å²) in [5.74, 6) is 0.618. The van der Waals surface area contributed by atoms with Gasteiger partial charge in [0.05, 0.1) is 11.4 Å². The lowest BCUT2D eigenvalue weighted by Gasteiger charge is -2.45. The van der Waals surface area contributed by atoms with Gasteiger partial charge in [-0.15, -0.1) is 0 Å². The van der Waals surface area contributed by atoms with Gasteiger partial charge in [0.1, 0.15) is 0 Å². The first kappa shape index (κ1) is 59.6. The zero-order chi connectivity index (χ0) is 66.7. The van der Waals surface area contributed by atoms with E-state index < -0.39 is 0 Å². The molecule has 0 radical (unpaired) electrons. The van der Waals surface area contributed by atoms with E-state index in [1.54, 1.807) is 0 Å². The quantitative estimate of drug-likeness (QED) is 0.106. The molecule has 0 amide bonds. The predicted octanol–water partition coefficient (Wildman–Crippen LogP) is 23.4. The highest BCUT2D eigenvalue weighted by atomic mass is 15.2. The Labute approximate surface area is 579 Å². The second-order valence-corrected chi connectivity index (χ2v) is 29.0. The van der Waals surface area contributed by atoms with Gasteiger partial charge >= 0.3 is 0 Å². The molecule has 18 rings (SSSR count). The molecule has 1 aromatic heterocycles. The Bertz CT molecular complexity index is 5390. The maximum absolute atomic E-state index is 5.95. The van der Waals surface area contributed by atoms with Gasteiger partial charge in [-0.25, -0.2) is 9.97 Å². The normalized spacial score (nSPS) is 12.7. The van der Waals surface area contributed by atoms with Crippen LogP contribution in [0.15, 0.2) is 322 Å². The van der Waals surface area contributed by atoms with E-state index in [2.05, 4.69) is 373 Å². The summed E-state index contributed by atoms with van der Waals surface area (Å²) >= 11 is 0. The molecule has 4 nitrogen and oxygen atoms in total. The molecule has 2 aliphatic heterocycles. The van der Waals surface area contributed by atoms with Crippen LogP contribution in [0.25, 0.3) is 122 Å². The molecule has 470 valence electrons. The molecule has 2 aliphatic rings. The number of aromatic nitrogens is 2. The zero-order valence-electron chi connectivity index (χ0n) is 56.5. The first-order valence-corrected chi connectivity index (χ1v) is 34.6. The Morgan fingerprint density at radius 2 is 0.586 bits per heavy atom. The first-order valence-electron chi connectivity index (χ1n) is 34.6. The van der Waals surface area contributed by atoms with E-state index in [9.17, 15) is 0 Å². The Hall–Kier alpha value is -11.9. The number of nitrogens with zero attached hydrogens (tertiary/aromatic N) is 4. The van der Waals surface area contributed by atoms with Gasteiger partial charge < -0.3 is 9.80 Å². The van der Waals surface area contributed by atoms with Crippen molar-refractivity contribution in [2.24, 2.45) is 0 Å². The minimum absolute atomic E-state index is 0.0660. The molecule has 99 heavy (non-hydrogen) atoms. The smallest absolute Gasteiger partial charge is 0.252 e. The summed E-state index contributed by atoms with van der Waals surface area (Å²) in [5.41, 5.74) is 26.2. The molecule has 0 spiro atoms. The third-order valence-electron chi connectivity index (χ3n) is 20.6. The van der Waals surface area contributed by atoms with Crippen molar-refractivity contribution in [1.82, 2.24) is 9.97 Å². The molecule has 0 saturated heterocycles. The minimum Gasteiger partial charge on any atom is -0.311 e. The highest BCUT2D eigenvalue weighted by Crippen LogP contribution is 2.49. The molecule has 0 atom stereocenters. The Morgan fingerprint density at radius 3 is 0.949 bits per heavy atom. The van der Waals surface area contributed by atoms with Crippen molar-refractivity contribution in [3.05, 3.63) is 333 Å². The van der Waals surface area contributed by atoms with Crippen LogP contribution in [0.3, 0.4) is 0 Å². The van der Waals surface area contributed by atoms with Gasteiger partial charge in [-0.05, 0) is 217 Å². The van der Waals surface area contributed by atoms with Gasteiger partial charge in [-0.1, -0.05) is 272 Å². The van der Waals surface area contributed by atoms with Gasteiger partial charge in [0.25, 0.3) is 6.71 Å². The predicted molar refractivity (Wildman–Crippen MR) is 422 cm³/mol. The van der Waals surface area contributed by atoms with Crippen molar-refractivity contribution >= 4 is 100 Å². The van der Waals surface area contributed by atoms with Crippen LogP contribution in [0.2, 0.25) is 0 Å². The fraction of sp³-hybridized carbons (Fsp3) is 0.0851. The largest absolute Gasteiger partial charge is 0.311 e. The topological polar surface area (TPSA) is 32.3 Å². The standard InChI is InChI=1S/C94H71BN4/c1-93(2,3)75-39-43-77(44-40-75)98-87-57-81-66(37-35-64-31-19-21-33-79(64)81)53-83(87)95-84-54-67-38-36-65-32-20-22-34-80(65)82(67)58-88(84)99(78-45-41-76(42-46-78)94(4,5)6)90-56-74(55-89(98)91(90)95)92-96-85(72-49-68(60-23-11-7-12-24-60)47-69(50-72)61-25-13-8-14-26-61)59-86(97-92)73-51-70(62-27-15-9-16-28-62)48-71(52-73)63-29-17-10-18-30-63/h7-59H,1-6H3. The van der Waals surface area contributed by atoms with Gasteiger partial charge in [0, 0.05) is 50.8 Å². The summed E-state index contributed by atoms with van der Waals surface area (Å²) in [5, 5.41) is 9.72. The fourth-order valence-electron chi connectivity index (χ4n) is 15.5. The minimum atomic E-state index is -0.187. The lowest BCUT2D eigenvalue weighted by Crippen LogP contribution is -2.61. The Kier molecular flexibility index (Phi) is 14.1. The van der Waals surface area contributed by atoms with Crippen molar-refractivity contribution in [2.75, 3.05) is 9.80 Å². The SMILES string of the molecule is CC(C)(C)c1ccc(N2c3cc4c(ccc5ccccc54)cc3B3c4cc5ccc6ccccc6c5cc4N(c4ccc(C(C)(C)C)cc4)c4cc(-c5nc(-c6cc(-c7ccccc7)cc(-c7ccccc7)c6)cc(-c6cc(-c7ccccc7)cc(-c7ccccc7)c6)n5)cc2c43)cc1. The maximum Gasteiger partial charge on any atom is 0.252 e. The fourth-order valence-corrected chi connectivity index (χ4v) is 15.5. The zero-order valence-corrected chi connectivity index (χ0v) is 56.5. The number of hydrogen-bond donors (Lipinski definition) is 0. The molecule has 5 heteroatoms. The molecule has 0 aliphatic carbocycles. The second kappa shape index (κ2) is 23.4. The van der Waals surface area contributed by atoms with E-state index >= 15 is 0 Å². The molecular weight excluding hydrogens is 1200 g/mol. The lowest BCUT2D eigenvalue weighted by molar-refractivity contribution is 0.590. The van der Waals surface area contributed by atoms with Crippen molar-refractivity contribution < 1.29 is 0 Å². The average Bonchev–Trinajstić information content (AvgIpc) is 0.689. The number of fused-ring (bicyclic) bond motifs is 10. The van der Waals surface area contributed by atoms with Crippen LogP contribution < -0.4 is 26.2 Å². The molecule has 15 aromatic carbocycles. The van der Waals surface area contributed by atoms with Crippen molar-refractivity contribution in [3.8, 4) is 78.4 Å². The summed E-state index contributed by atoms with van der Waals surface area (Å²) in [4.78, 5) is 17.0. The molecular formula is C94H71BN4. The van der Waals surface area contributed by atoms with Gasteiger partial charge in [-0.2, -0.15) is 0 Å². The average molecular weight is 1270 g/mol. The van der Waals surface area contributed by atoms with Gasteiger partial charge in [0.2, 0.25) is 0 Å². The molecule has 0 saturated carbocycles. The second-order valence-electron chi connectivity index (χ2n) is 29.0. The van der Waals surface area contributed by atoms with Crippen molar-refractivity contribution in [3.63, 3.8) is 0 Å². The van der Waals surface area contributed by atoms with E-state index in [-0.39, 0.29) is 17.5 Å². The maximum atomic E-state index is 5.95. The molecule has 3 heterocycles. The van der Waals surface area contributed by atoms with Crippen LogP contribution in [0.5, 0.6) is 0 Å². The third kappa shape index (κ3) is 10.6. The molecule has 16 aromatic rings. The summed E-state index contributed by atoms with van der Waals surface area (Å²) in [6.07, 6.45) is 0. The van der Waals surface area contributed by atoms with E-state index in [4.69, 9.17) is 9.97 Å². The molecule has 0 unspecified atom stereocenters. The monoisotopic (exact) mass is 1270 g/mol. The number of hydrogen-bond acceptors (Lipinski definition) is 4. The van der Waals surface area contributed by atoms with Crippen LogP contribution in [-0.4, -0.2) is 16.7 Å². The third-order valence-corrected chi connectivity index (χ3v) is 20.6. The first-order chi connectivity index (χ1) is 48.3. The number of benzene rings is 15. The highest BCUT2D eigenvalue weighted by Gasteiger charge is 2.45. The van der Waals surface area contributed by atoms with E-state index in [1.807, 2.05) is 0 Å². The van der Waals surface area contributed by atoms with E-state index in [0.717, 1.165) is 107 Å². The Morgan fingerprint density at radius 1 is 0.253 bits per heavy atom. The lowest BCUT2D eigenvalue weighted by atomic mass is 9.33. The van der Waals surface area contributed by atoms with Crippen molar-refractivity contribution in [1.29, 1.82) is 0 Å². The van der Waals surface area contributed by atoms with Crippen LogP contribution in [-0.2, 0) is 10.8 Å². The summed E-state index contributed by atoms with van der Waals surface area (Å²) in [7, 11) is 0. The van der Waals surface area contributed by atoms with Crippen LogP contribution in [0, 0.1) is 0 Å².